The van der Waals surface area contributed by atoms with E-state index in [1.165, 1.54) is 0 Å². The number of aryl methyl sites for hydroxylation is 2. The number of hydrogen-bond donors (Lipinski definition) is 3. The molecule has 0 saturated heterocycles. The molecule has 7 nitrogen and oxygen atoms in total. The van der Waals surface area contributed by atoms with Gasteiger partial charge < -0.3 is 21.1 Å². The van der Waals surface area contributed by atoms with E-state index < -0.39 is 6.03 Å². The molecule has 0 saturated carbocycles. The molecule has 1 aromatic rings. The van der Waals surface area contributed by atoms with Crippen LogP contribution >= 0.6 is 0 Å². The topological polar surface area (TPSA) is 94.2 Å². The monoisotopic (exact) mass is 241 g/mol. The zero-order valence-electron chi connectivity index (χ0n) is 10.4. The Kier molecular flexibility index (Phi) is 4.77. The first-order valence-corrected chi connectivity index (χ1v) is 5.36. The van der Waals surface area contributed by atoms with Crippen LogP contribution in [0.2, 0.25) is 0 Å². The van der Waals surface area contributed by atoms with Gasteiger partial charge in [-0.2, -0.15) is 5.10 Å². The number of nitrogens with two attached hydrogens (primary N) is 1. The summed E-state index contributed by atoms with van der Waals surface area (Å²) in [5.74, 6) is 0.748. The molecule has 1 aromatic heterocycles. The molecule has 0 fully saturated rings. The lowest BCUT2D eigenvalue weighted by Crippen LogP contribution is -2.35. The van der Waals surface area contributed by atoms with Crippen molar-refractivity contribution in [3.8, 4) is 5.88 Å². The highest BCUT2D eigenvalue weighted by atomic mass is 16.5. The van der Waals surface area contributed by atoms with Crippen LogP contribution in [-0.2, 0) is 13.6 Å². The average Bonchev–Trinajstić information content (AvgIpc) is 2.52. The number of aromatic nitrogens is 2. The number of carbonyl (C=O) groups excluding carboxylic acids is 1. The van der Waals surface area contributed by atoms with Gasteiger partial charge in [-0.1, -0.05) is 0 Å². The molecule has 4 N–H and O–H groups in total. The van der Waals surface area contributed by atoms with E-state index in [1.54, 1.807) is 11.8 Å². The molecule has 7 heteroatoms. The third kappa shape index (κ3) is 3.63. The molecular weight excluding hydrogens is 222 g/mol. The van der Waals surface area contributed by atoms with Gasteiger partial charge in [0.25, 0.3) is 0 Å². The van der Waals surface area contributed by atoms with Crippen LogP contribution in [0.5, 0.6) is 5.88 Å². The number of nitrogens with one attached hydrogen (secondary N) is 2. The quantitative estimate of drug-likeness (QED) is 0.585. The summed E-state index contributed by atoms with van der Waals surface area (Å²) >= 11 is 0. The van der Waals surface area contributed by atoms with Crippen molar-refractivity contribution in [2.75, 3.05) is 20.2 Å². The standard InChI is InChI=1S/C10H19N5O2/c1-7-8(9(17-3)15(2)14-7)6-12-4-5-13-10(11)16/h12H,4-6H2,1-3H3,(H3,11,13,16). The number of urea groups is 1. The normalized spacial score (nSPS) is 10.3. The Labute approximate surface area is 100 Å². The third-order valence-corrected chi connectivity index (χ3v) is 2.38. The molecule has 0 radical (unpaired) electrons. The third-order valence-electron chi connectivity index (χ3n) is 2.38. The van der Waals surface area contributed by atoms with E-state index in [0.717, 1.165) is 17.1 Å². The molecule has 0 aromatic carbocycles. The largest absolute Gasteiger partial charge is 0.481 e. The summed E-state index contributed by atoms with van der Waals surface area (Å²) in [4.78, 5) is 10.4. The van der Waals surface area contributed by atoms with Crippen LogP contribution in [0.3, 0.4) is 0 Å². The highest BCUT2D eigenvalue weighted by Gasteiger charge is 2.12. The highest BCUT2D eigenvalue weighted by molar-refractivity contribution is 5.71. The maximum absolute atomic E-state index is 10.4. The van der Waals surface area contributed by atoms with Gasteiger partial charge in [-0.3, -0.25) is 0 Å². The van der Waals surface area contributed by atoms with Gasteiger partial charge in [-0.15, -0.1) is 0 Å². The smallest absolute Gasteiger partial charge is 0.312 e. The molecule has 0 aliphatic heterocycles. The summed E-state index contributed by atoms with van der Waals surface area (Å²) in [7, 11) is 3.46. The lowest BCUT2D eigenvalue weighted by Gasteiger charge is -2.07. The van der Waals surface area contributed by atoms with Gasteiger partial charge in [-0.05, 0) is 6.92 Å². The molecule has 17 heavy (non-hydrogen) atoms. The highest BCUT2D eigenvalue weighted by Crippen LogP contribution is 2.20. The minimum absolute atomic E-state index is 0.497. The van der Waals surface area contributed by atoms with Gasteiger partial charge in [0.2, 0.25) is 5.88 Å². The van der Waals surface area contributed by atoms with E-state index in [1.807, 2.05) is 14.0 Å². The van der Waals surface area contributed by atoms with Crippen molar-refractivity contribution in [1.82, 2.24) is 20.4 Å². The number of rotatable bonds is 6. The van der Waals surface area contributed by atoms with Crippen LogP contribution in [0.15, 0.2) is 0 Å². The van der Waals surface area contributed by atoms with Crippen LogP contribution in [0, 0.1) is 6.92 Å². The van der Waals surface area contributed by atoms with E-state index in [0.29, 0.717) is 19.6 Å². The Hall–Kier alpha value is -1.76. The van der Waals surface area contributed by atoms with Gasteiger partial charge >= 0.3 is 6.03 Å². The van der Waals surface area contributed by atoms with E-state index in [9.17, 15) is 4.79 Å². The molecule has 0 atom stereocenters. The lowest BCUT2D eigenvalue weighted by atomic mass is 10.2. The number of hydrogen-bond acceptors (Lipinski definition) is 4. The Morgan fingerprint density at radius 1 is 1.53 bits per heavy atom. The van der Waals surface area contributed by atoms with Crippen molar-refractivity contribution in [1.29, 1.82) is 0 Å². The van der Waals surface area contributed by atoms with Crippen molar-refractivity contribution < 1.29 is 9.53 Å². The van der Waals surface area contributed by atoms with E-state index in [2.05, 4.69) is 15.7 Å². The molecule has 0 bridgehead atoms. The van der Waals surface area contributed by atoms with Crippen LogP contribution in [0.4, 0.5) is 4.79 Å². The molecule has 2 amide bonds. The van der Waals surface area contributed by atoms with Crippen LogP contribution in [-0.4, -0.2) is 36.0 Å². The predicted octanol–water partition coefficient (Wildman–Crippen LogP) is -0.505. The van der Waals surface area contributed by atoms with E-state index in [4.69, 9.17) is 10.5 Å². The van der Waals surface area contributed by atoms with E-state index in [-0.39, 0.29) is 0 Å². The Balaban J connectivity index is 2.43. The zero-order chi connectivity index (χ0) is 12.8. The Morgan fingerprint density at radius 3 is 2.82 bits per heavy atom. The predicted molar refractivity (Wildman–Crippen MR) is 63.8 cm³/mol. The fourth-order valence-corrected chi connectivity index (χ4v) is 1.63. The number of carbonyl (C=O) groups is 1. The molecule has 96 valence electrons. The first-order chi connectivity index (χ1) is 8.06. The van der Waals surface area contributed by atoms with E-state index >= 15 is 0 Å². The average molecular weight is 241 g/mol. The molecule has 0 aliphatic carbocycles. The minimum atomic E-state index is -0.512. The van der Waals surface area contributed by atoms with Crippen LogP contribution in [0.1, 0.15) is 11.3 Å². The molecule has 0 spiro atoms. The first-order valence-electron chi connectivity index (χ1n) is 5.36. The fourth-order valence-electron chi connectivity index (χ4n) is 1.63. The summed E-state index contributed by atoms with van der Waals surface area (Å²) in [6.07, 6.45) is 0. The van der Waals surface area contributed by atoms with Gasteiger partial charge in [-0.25, -0.2) is 9.48 Å². The molecule has 1 rings (SSSR count). The first kappa shape index (κ1) is 13.3. The molecule has 0 aliphatic rings. The summed E-state index contributed by atoms with van der Waals surface area (Å²) < 4.78 is 6.97. The second-order valence-corrected chi connectivity index (χ2v) is 3.66. The number of amides is 2. The molecular formula is C10H19N5O2. The summed E-state index contributed by atoms with van der Waals surface area (Å²) in [5, 5.41) is 9.96. The maximum Gasteiger partial charge on any atom is 0.312 e. The lowest BCUT2D eigenvalue weighted by molar-refractivity contribution is 0.249. The summed E-state index contributed by atoms with van der Waals surface area (Å²) in [6, 6.07) is -0.512. The number of methoxy groups -OCH3 is 1. The number of ether oxygens (including phenoxy) is 1. The Morgan fingerprint density at radius 2 is 2.24 bits per heavy atom. The van der Waals surface area contributed by atoms with Crippen molar-refractivity contribution in [2.24, 2.45) is 12.8 Å². The van der Waals surface area contributed by atoms with Gasteiger partial charge in [0, 0.05) is 26.7 Å². The van der Waals surface area contributed by atoms with Crippen molar-refractivity contribution in [3.05, 3.63) is 11.3 Å². The number of primary amides is 1. The molecule has 0 unspecified atom stereocenters. The van der Waals surface area contributed by atoms with Crippen LogP contribution in [0.25, 0.3) is 0 Å². The van der Waals surface area contributed by atoms with Gasteiger partial charge in [0.1, 0.15) is 0 Å². The zero-order valence-corrected chi connectivity index (χ0v) is 10.4. The maximum atomic E-state index is 10.4. The second-order valence-electron chi connectivity index (χ2n) is 3.66. The van der Waals surface area contributed by atoms with Gasteiger partial charge in [0.15, 0.2) is 0 Å². The van der Waals surface area contributed by atoms with Crippen molar-refractivity contribution in [2.45, 2.75) is 13.5 Å². The van der Waals surface area contributed by atoms with Crippen molar-refractivity contribution >= 4 is 6.03 Å². The molecule has 1 heterocycles. The van der Waals surface area contributed by atoms with Crippen molar-refractivity contribution in [3.63, 3.8) is 0 Å². The summed E-state index contributed by atoms with van der Waals surface area (Å²) in [6.45, 7) is 3.71. The second kappa shape index (κ2) is 6.09. The van der Waals surface area contributed by atoms with Gasteiger partial charge in [0.05, 0.1) is 18.4 Å². The van der Waals surface area contributed by atoms with Crippen LogP contribution < -0.4 is 21.1 Å². The SMILES string of the molecule is COc1c(CNCCNC(N)=O)c(C)nn1C. The number of nitrogens with zero attached hydrogens (tertiary/aromatic N) is 2. The summed E-state index contributed by atoms with van der Waals surface area (Å²) in [5.41, 5.74) is 6.90. The fraction of sp³-hybridized carbons (Fsp3) is 0.600. The minimum Gasteiger partial charge on any atom is -0.481 e. The Bertz CT molecular complexity index is 388.